The standard InChI is InChI=1S/C31H48O4/c1-26(2)22-9-12-31(7)24(29(22,5)11-10-23(26)35-8)21(32)17-19-20-18-28(4,25(33)34)14-13-27(20,3)15-16-30(19,31)6/h17,20,22-24H,9-16,18H2,1-8H3,(H,33,34)/t20-,22+,23+,24+,27+,28-,29-,30-,31-/m1/s1. The van der Waals surface area contributed by atoms with Gasteiger partial charge < -0.3 is 9.84 Å². The van der Waals surface area contributed by atoms with Crippen LogP contribution in [0.15, 0.2) is 11.6 Å². The summed E-state index contributed by atoms with van der Waals surface area (Å²) in [6.07, 6.45) is 11.2. The molecule has 4 heteroatoms. The van der Waals surface area contributed by atoms with Crippen molar-refractivity contribution >= 4 is 11.8 Å². The molecule has 4 fully saturated rings. The van der Waals surface area contributed by atoms with Gasteiger partial charge in [0.15, 0.2) is 5.78 Å². The van der Waals surface area contributed by atoms with Crippen LogP contribution in [0.5, 0.6) is 0 Å². The average Bonchev–Trinajstić information content (AvgIpc) is 2.76. The summed E-state index contributed by atoms with van der Waals surface area (Å²) in [4.78, 5) is 26.6. The summed E-state index contributed by atoms with van der Waals surface area (Å²) in [6, 6.07) is 0. The molecule has 0 bridgehead atoms. The Labute approximate surface area is 212 Å². The Morgan fingerprint density at radius 3 is 2.23 bits per heavy atom. The third kappa shape index (κ3) is 3.07. The van der Waals surface area contributed by atoms with Crippen LogP contribution >= 0.6 is 0 Å². The van der Waals surface area contributed by atoms with E-state index >= 15 is 0 Å². The van der Waals surface area contributed by atoms with Crippen LogP contribution in [-0.2, 0) is 14.3 Å². The first-order chi connectivity index (χ1) is 16.1. The summed E-state index contributed by atoms with van der Waals surface area (Å²) in [5.41, 5.74) is 0.577. The Morgan fingerprint density at radius 1 is 0.943 bits per heavy atom. The van der Waals surface area contributed by atoms with E-state index in [1.54, 1.807) is 0 Å². The quantitative estimate of drug-likeness (QED) is 0.455. The second kappa shape index (κ2) is 7.45. The first-order valence-corrected chi connectivity index (χ1v) is 14.1. The molecule has 0 aromatic carbocycles. The number of aliphatic carboxylic acids is 1. The van der Waals surface area contributed by atoms with Gasteiger partial charge in [0.05, 0.1) is 11.5 Å². The molecule has 35 heavy (non-hydrogen) atoms. The molecule has 0 aromatic heterocycles. The molecule has 9 atom stereocenters. The number of carbonyl (C=O) groups excluding carboxylic acids is 1. The molecule has 0 unspecified atom stereocenters. The van der Waals surface area contributed by atoms with Crippen LogP contribution in [0.1, 0.15) is 106 Å². The number of ketones is 1. The van der Waals surface area contributed by atoms with Gasteiger partial charge in [0.2, 0.25) is 0 Å². The summed E-state index contributed by atoms with van der Waals surface area (Å²) in [5, 5.41) is 10.1. The molecular formula is C31H48O4. The van der Waals surface area contributed by atoms with Crippen molar-refractivity contribution < 1.29 is 19.4 Å². The van der Waals surface area contributed by atoms with E-state index in [0.717, 1.165) is 51.4 Å². The van der Waals surface area contributed by atoms with Gasteiger partial charge in [-0.2, -0.15) is 0 Å². The van der Waals surface area contributed by atoms with Gasteiger partial charge in [-0.15, -0.1) is 0 Å². The highest BCUT2D eigenvalue weighted by Crippen LogP contribution is 2.75. The molecule has 0 saturated heterocycles. The third-order valence-electron chi connectivity index (χ3n) is 13.3. The molecular weight excluding hydrogens is 436 g/mol. The van der Waals surface area contributed by atoms with Crippen molar-refractivity contribution in [3.63, 3.8) is 0 Å². The van der Waals surface area contributed by atoms with Gasteiger partial charge in [-0.1, -0.05) is 47.1 Å². The normalized spacial score (nSPS) is 52.9. The fourth-order valence-electron chi connectivity index (χ4n) is 10.8. The number of carboxylic acids is 1. The number of fused-ring (bicyclic) bond motifs is 7. The SMILES string of the molecule is CO[C@H]1CC[C@]2(C)[C@@H](CC[C@]3(C)[C@H]2C(=O)C=C2[C@H]4C[C@](C)(C(=O)O)CC[C@@]4(C)CC[C@]23C)C1(C)C. The van der Waals surface area contributed by atoms with Crippen molar-refractivity contribution in [2.75, 3.05) is 7.11 Å². The van der Waals surface area contributed by atoms with Gasteiger partial charge in [-0.05, 0) is 110 Å². The Balaban J connectivity index is 1.61. The van der Waals surface area contributed by atoms with Crippen molar-refractivity contribution in [1.29, 1.82) is 0 Å². The first kappa shape index (κ1) is 25.5. The molecule has 4 saturated carbocycles. The lowest BCUT2D eigenvalue weighted by Gasteiger charge is -2.70. The predicted octanol–water partition coefficient (Wildman–Crippen LogP) is 7.07. The minimum absolute atomic E-state index is 0.0263. The van der Waals surface area contributed by atoms with Crippen molar-refractivity contribution in [2.45, 2.75) is 112 Å². The second-order valence-corrected chi connectivity index (χ2v) is 15.1. The fraction of sp³-hybridized carbons (Fsp3) is 0.871. The van der Waals surface area contributed by atoms with Crippen LogP contribution in [0.2, 0.25) is 0 Å². The molecule has 5 aliphatic rings. The van der Waals surface area contributed by atoms with Crippen molar-refractivity contribution in [1.82, 2.24) is 0 Å². The average molecular weight is 485 g/mol. The lowest BCUT2D eigenvalue weighted by Crippen LogP contribution is -2.66. The van der Waals surface area contributed by atoms with Crippen LogP contribution in [-0.4, -0.2) is 30.1 Å². The Kier molecular flexibility index (Phi) is 5.43. The summed E-state index contributed by atoms with van der Waals surface area (Å²) in [5.74, 6) is 0.324. The van der Waals surface area contributed by atoms with E-state index in [-0.39, 0.29) is 45.0 Å². The minimum atomic E-state index is -0.698. The predicted molar refractivity (Wildman–Crippen MR) is 138 cm³/mol. The van der Waals surface area contributed by atoms with Crippen LogP contribution < -0.4 is 0 Å². The molecule has 0 heterocycles. The first-order valence-electron chi connectivity index (χ1n) is 14.1. The highest BCUT2D eigenvalue weighted by Gasteiger charge is 2.70. The number of allylic oxidation sites excluding steroid dienone is 2. The minimum Gasteiger partial charge on any atom is -0.481 e. The van der Waals surface area contributed by atoms with Crippen molar-refractivity contribution in [3.05, 3.63) is 11.6 Å². The van der Waals surface area contributed by atoms with E-state index in [2.05, 4.69) is 47.6 Å². The molecule has 0 aliphatic heterocycles. The maximum absolute atomic E-state index is 14.3. The van der Waals surface area contributed by atoms with Gasteiger partial charge in [-0.25, -0.2) is 0 Å². The number of carboxylic acid groups (broad SMARTS) is 1. The maximum atomic E-state index is 14.3. The van der Waals surface area contributed by atoms with Gasteiger partial charge >= 0.3 is 5.97 Å². The summed E-state index contributed by atoms with van der Waals surface area (Å²) in [6.45, 7) is 16.3. The number of carbonyl (C=O) groups is 2. The molecule has 1 N–H and O–H groups in total. The molecule has 0 spiro atoms. The molecule has 5 aliphatic carbocycles. The van der Waals surface area contributed by atoms with Crippen molar-refractivity contribution in [2.24, 2.45) is 50.2 Å². The van der Waals surface area contributed by atoms with Crippen LogP contribution in [0, 0.1) is 50.2 Å². The Hall–Kier alpha value is -1.16. The summed E-state index contributed by atoms with van der Waals surface area (Å²) < 4.78 is 5.96. The van der Waals surface area contributed by atoms with E-state index in [9.17, 15) is 14.7 Å². The Morgan fingerprint density at radius 2 is 1.60 bits per heavy atom. The zero-order valence-corrected chi connectivity index (χ0v) is 23.4. The molecule has 4 nitrogen and oxygen atoms in total. The number of hydrogen-bond donors (Lipinski definition) is 1. The van der Waals surface area contributed by atoms with Crippen molar-refractivity contribution in [3.8, 4) is 0 Å². The van der Waals surface area contributed by atoms with Crippen LogP contribution in [0.25, 0.3) is 0 Å². The fourth-order valence-corrected chi connectivity index (χ4v) is 10.8. The zero-order valence-electron chi connectivity index (χ0n) is 23.4. The van der Waals surface area contributed by atoms with Gasteiger partial charge in [0, 0.05) is 13.0 Å². The van der Waals surface area contributed by atoms with E-state index in [1.807, 2.05) is 14.0 Å². The van der Waals surface area contributed by atoms with E-state index in [0.29, 0.717) is 18.1 Å². The smallest absolute Gasteiger partial charge is 0.309 e. The number of rotatable bonds is 2. The zero-order chi connectivity index (χ0) is 25.8. The topological polar surface area (TPSA) is 63.6 Å². The lowest BCUT2D eigenvalue weighted by molar-refractivity contribution is -0.205. The highest BCUT2D eigenvalue weighted by molar-refractivity contribution is 5.95. The van der Waals surface area contributed by atoms with Crippen LogP contribution in [0.4, 0.5) is 0 Å². The summed E-state index contributed by atoms with van der Waals surface area (Å²) >= 11 is 0. The second-order valence-electron chi connectivity index (χ2n) is 15.1. The van der Waals surface area contributed by atoms with E-state index in [1.165, 1.54) is 5.57 Å². The number of hydrogen-bond acceptors (Lipinski definition) is 3. The van der Waals surface area contributed by atoms with Crippen LogP contribution in [0.3, 0.4) is 0 Å². The number of ether oxygens (including phenoxy) is 1. The number of methoxy groups -OCH3 is 1. The van der Waals surface area contributed by atoms with E-state index in [4.69, 9.17) is 4.74 Å². The maximum Gasteiger partial charge on any atom is 0.309 e. The largest absolute Gasteiger partial charge is 0.481 e. The molecule has 196 valence electrons. The molecule has 0 aromatic rings. The third-order valence-corrected chi connectivity index (χ3v) is 13.3. The van der Waals surface area contributed by atoms with E-state index < -0.39 is 11.4 Å². The summed E-state index contributed by atoms with van der Waals surface area (Å²) in [7, 11) is 1.85. The molecule has 0 amide bonds. The Bertz CT molecular complexity index is 980. The lowest BCUT2D eigenvalue weighted by atomic mass is 9.33. The highest BCUT2D eigenvalue weighted by atomic mass is 16.5. The van der Waals surface area contributed by atoms with Gasteiger partial charge in [0.1, 0.15) is 0 Å². The van der Waals surface area contributed by atoms with Gasteiger partial charge in [-0.3, -0.25) is 9.59 Å². The molecule has 0 radical (unpaired) electrons. The van der Waals surface area contributed by atoms with Gasteiger partial charge in [0.25, 0.3) is 0 Å². The monoisotopic (exact) mass is 484 g/mol. The molecule has 5 rings (SSSR count).